The molecule has 5 nitrogen and oxygen atoms in total. The van der Waals surface area contributed by atoms with E-state index in [-0.39, 0.29) is 0 Å². The Morgan fingerprint density at radius 1 is 1.00 bits per heavy atom. The number of aromatic nitrogens is 2. The molecule has 1 aromatic heterocycles. The third-order valence-corrected chi connectivity index (χ3v) is 3.28. The van der Waals surface area contributed by atoms with Crippen molar-refractivity contribution in [2.75, 3.05) is 18.3 Å². The fourth-order valence-corrected chi connectivity index (χ4v) is 2.10. The molecule has 3 rings (SSSR count). The van der Waals surface area contributed by atoms with Gasteiger partial charge in [0.05, 0.1) is 19.0 Å². The number of anilines is 2. The molecule has 0 aliphatic rings. The summed E-state index contributed by atoms with van der Waals surface area (Å²) in [4.78, 5) is 4.58. The fraction of sp³-hybridized carbons (Fsp3) is 0.0588. The van der Waals surface area contributed by atoms with Crippen LogP contribution >= 0.6 is 0 Å². The van der Waals surface area contributed by atoms with Gasteiger partial charge in [0.25, 0.3) is 0 Å². The van der Waals surface area contributed by atoms with Gasteiger partial charge in [-0.3, -0.25) is 5.84 Å². The van der Waals surface area contributed by atoms with Crippen LogP contribution < -0.4 is 20.6 Å². The average Bonchev–Trinajstić information content (AvgIpc) is 2.58. The van der Waals surface area contributed by atoms with Crippen molar-refractivity contribution in [2.24, 2.45) is 0 Å². The molecule has 0 aliphatic carbocycles. The minimum absolute atomic E-state index is 0.562. The van der Waals surface area contributed by atoms with E-state index in [1.165, 1.54) is 4.68 Å². The van der Waals surface area contributed by atoms with Crippen LogP contribution in [-0.4, -0.2) is 12.1 Å². The summed E-state index contributed by atoms with van der Waals surface area (Å²) in [6.45, 7) is 0. The molecule has 0 saturated carbocycles. The number of nitrogens with two attached hydrogens (primary N) is 1. The molecule has 2 aromatic carbocycles. The number of rotatable bonds is 4. The molecule has 0 radical (unpaired) electrons. The molecule has 0 amide bonds. The first-order valence-electron chi connectivity index (χ1n) is 6.90. The normalized spacial score (nSPS) is 10.2. The van der Waals surface area contributed by atoms with Gasteiger partial charge in [-0.05, 0) is 24.3 Å². The van der Waals surface area contributed by atoms with Crippen molar-refractivity contribution in [3.8, 4) is 17.0 Å². The molecule has 0 aliphatic heterocycles. The van der Waals surface area contributed by atoms with Gasteiger partial charge in [0.15, 0.2) is 5.69 Å². The standard InChI is InChI=1S/C17H16N4O/c1-22-15-9-7-14(8-10-15)19-17-20-16(11-12-21(17)18)13-5-3-2-4-6-13/h2-12H,18H2,1H3/p+1. The second-order valence-electron chi connectivity index (χ2n) is 4.76. The van der Waals surface area contributed by atoms with Crippen LogP contribution in [0.15, 0.2) is 66.9 Å². The lowest BCUT2D eigenvalue weighted by atomic mass is 10.1. The van der Waals surface area contributed by atoms with Crippen molar-refractivity contribution in [3.63, 3.8) is 0 Å². The molecule has 0 spiro atoms. The molecule has 0 atom stereocenters. The molecular weight excluding hydrogens is 276 g/mol. The van der Waals surface area contributed by atoms with Gasteiger partial charge in [-0.2, -0.15) is 0 Å². The second-order valence-corrected chi connectivity index (χ2v) is 4.76. The van der Waals surface area contributed by atoms with E-state index in [2.05, 4.69) is 10.3 Å². The highest BCUT2D eigenvalue weighted by molar-refractivity contribution is 5.60. The fourth-order valence-electron chi connectivity index (χ4n) is 2.10. The lowest BCUT2D eigenvalue weighted by Gasteiger charge is -2.04. The quantitative estimate of drug-likeness (QED) is 0.573. The molecule has 22 heavy (non-hydrogen) atoms. The summed E-state index contributed by atoms with van der Waals surface area (Å²) in [7, 11) is 1.64. The predicted octanol–water partition coefficient (Wildman–Crippen LogP) is 2.50. The van der Waals surface area contributed by atoms with Gasteiger partial charge < -0.3 is 4.74 Å². The van der Waals surface area contributed by atoms with Gasteiger partial charge in [-0.25, -0.2) is 5.32 Å². The van der Waals surface area contributed by atoms with E-state index in [0.717, 1.165) is 22.7 Å². The molecule has 110 valence electrons. The number of hydrogen-bond donors (Lipinski definition) is 2. The molecule has 5 heteroatoms. The zero-order valence-corrected chi connectivity index (χ0v) is 12.2. The van der Waals surface area contributed by atoms with Crippen molar-refractivity contribution in [2.45, 2.75) is 0 Å². The molecule has 3 aromatic rings. The number of methoxy groups -OCH3 is 1. The highest BCUT2D eigenvalue weighted by Crippen LogP contribution is 2.19. The van der Waals surface area contributed by atoms with Crippen molar-refractivity contribution >= 4 is 11.6 Å². The predicted molar refractivity (Wildman–Crippen MR) is 86.3 cm³/mol. The van der Waals surface area contributed by atoms with Crippen LogP contribution in [0.2, 0.25) is 0 Å². The summed E-state index contributed by atoms with van der Waals surface area (Å²) >= 11 is 0. The van der Waals surface area contributed by atoms with Gasteiger partial charge in [0, 0.05) is 11.6 Å². The van der Waals surface area contributed by atoms with Crippen molar-refractivity contribution in [1.82, 2.24) is 4.98 Å². The van der Waals surface area contributed by atoms with E-state index in [4.69, 9.17) is 10.6 Å². The first kappa shape index (κ1) is 13.9. The topological polar surface area (TPSA) is 64.0 Å². The number of benzene rings is 2. The van der Waals surface area contributed by atoms with E-state index in [1.807, 2.05) is 60.7 Å². The molecule has 0 saturated heterocycles. The maximum Gasteiger partial charge on any atom is 0.418 e. The Morgan fingerprint density at radius 3 is 2.41 bits per heavy atom. The molecular formula is C17H17N4O+. The van der Waals surface area contributed by atoms with E-state index in [0.29, 0.717) is 5.95 Å². The Morgan fingerprint density at radius 2 is 1.73 bits per heavy atom. The van der Waals surface area contributed by atoms with Crippen LogP contribution in [0.4, 0.5) is 11.6 Å². The van der Waals surface area contributed by atoms with Crippen LogP contribution in [0.25, 0.3) is 11.3 Å². The maximum absolute atomic E-state index is 5.94. The van der Waals surface area contributed by atoms with E-state index < -0.39 is 0 Å². The Labute approximate surface area is 129 Å². The Hall–Kier alpha value is -3.08. The molecule has 0 unspecified atom stereocenters. The van der Waals surface area contributed by atoms with E-state index in [9.17, 15) is 0 Å². The number of nitrogens with one attached hydrogen (secondary N) is 1. The maximum atomic E-state index is 5.94. The number of hydrogen-bond acceptors (Lipinski definition) is 4. The summed E-state index contributed by atoms with van der Waals surface area (Å²) in [5, 5.41) is 3.20. The summed E-state index contributed by atoms with van der Waals surface area (Å²) in [6, 6.07) is 19.4. The van der Waals surface area contributed by atoms with Crippen molar-refractivity contribution in [1.29, 1.82) is 0 Å². The molecule has 1 heterocycles. The Kier molecular flexibility index (Phi) is 3.87. The Balaban J connectivity index is 1.89. The first-order valence-corrected chi connectivity index (χ1v) is 6.90. The largest absolute Gasteiger partial charge is 0.497 e. The summed E-state index contributed by atoms with van der Waals surface area (Å²) in [6.07, 6.45) is 1.78. The minimum Gasteiger partial charge on any atom is -0.497 e. The van der Waals surface area contributed by atoms with Gasteiger partial charge in [-0.1, -0.05) is 35.3 Å². The molecule has 0 fully saturated rings. The van der Waals surface area contributed by atoms with Gasteiger partial charge in [0.1, 0.15) is 5.75 Å². The summed E-state index contributed by atoms with van der Waals surface area (Å²) in [5.41, 5.74) is 2.79. The molecule has 0 bridgehead atoms. The number of nitrogen functional groups attached to an aromatic ring is 1. The van der Waals surface area contributed by atoms with Gasteiger partial charge >= 0.3 is 5.95 Å². The van der Waals surface area contributed by atoms with Crippen LogP contribution in [0.1, 0.15) is 0 Å². The zero-order valence-electron chi connectivity index (χ0n) is 12.2. The smallest absolute Gasteiger partial charge is 0.418 e. The SMILES string of the molecule is COc1ccc(Nc2nc(-c3ccccc3)cc[n+]2N)cc1. The number of ether oxygens (including phenoxy) is 1. The lowest BCUT2D eigenvalue weighted by Crippen LogP contribution is -2.46. The summed E-state index contributed by atoms with van der Waals surface area (Å²) in [5.74, 6) is 7.30. The third-order valence-electron chi connectivity index (χ3n) is 3.28. The van der Waals surface area contributed by atoms with Gasteiger partial charge in [0.2, 0.25) is 0 Å². The minimum atomic E-state index is 0.562. The average molecular weight is 293 g/mol. The summed E-state index contributed by atoms with van der Waals surface area (Å²) < 4.78 is 6.60. The first-order chi connectivity index (χ1) is 10.8. The number of nitrogens with zero attached hydrogens (tertiary/aromatic N) is 2. The van der Waals surface area contributed by atoms with Crippen LogP contribution in [-0.2, 0) is 0 Å². The van der Waals surface area contributed by atoms with E-state index in [1.54, 1.807) is 13.3 Å². The van der Waals surface area contributed by atoms with Gasteiger partial charge in [-0.15, -0.1) is 4.68 Å². The van der Waals surface area contributed by atoms with Crippen molar-refractivity contribution in [3.05, 3.63) is 66.9 Å². The Bertz CT molecular complexity index is 757. The third kappa shape index (κ3) is 2.98. The lowest BCUT2D eigenvalue weighted by molar-refractivity contribution is -0.626. The van der Waals surface area contributed by atoms with E-state index >= 15 is 0 Å². The second kappa shape index (κ2) is 6.13. The van der Waals surface area contributed by atoms with Crippen LogP contribution in [0, 0.1) is 0 Å². The highest BCUT2D eigenvalue weighted by Gasteiger charge is 2.13. The van der Waals surface area contributed by atoms with Crippen LogP contribution in [0.5, 0.6) is 5.75 Å². The molecule has 3 N–H and O–H groups in total. The zero-order chi connectivity index (χ0) is 15.4. The van der Waals surface area contributed by atoms with Crippen molar-refractivity contribution < 1.29 is 9.41 Å². The highest BCUT2D eigenvalue weighted by atomic mass is 16.5. The monoisotopic (exact) mass is 293 g/mol. The van der Waals surface area contributed by atoms with Crippen LogP contribution in [0.3, 0.4) is 0 Å².